The summed E-state index contributed by atoms with van der Waals surface area (Å²) in [6.07, 6.45) is 0. The summed E-state index contributed by atoms with van der Waals surface area (Å²) in [7, 11) is 0. The number of nitrogens with zero attached hydrogens (tertiary/aromatic N) is 1. The molecule has 10 rings (SSSR count). The van der Waals surface area contributed by atoms with E-state index in [4.69, 9.17) is 4.42 Å². The Morgan fingerprint density at radius 2 is 0.571 bits per heavy atom. The molecule has 56 heavy (non-hydrogen) atoms. The Morgan fingerprint density at radius 1 is 0.232 bits per heavy atom. The normalized spacial score (nSPS) is 11.2. The summed E-state index contributed by atoms with van der Waals surface area (Å²) in [5, 5.41) is 2.29. The Morgan fingerprint density at radius 3 is 1.09 bits per heavy atom. The van der Waals surface area contributed by atoms with Crippen LogP contribution >= 0.6 is 0 Å². The number of hydrogen-bond acceptors (Lipinski definition) is 2. The Bertz CT molecular complexity index is 2930. The average Bonchev–Trinajstić information content (AvgIpc) is 3.66. The highest BCUT2D eigenvalue weighted by molar-refractivity contribution is 6.06. The van der Waals surface area contributed by atoms with Crippen LogP contribution in [-0.4, -0.2) is 0 Å². The van der Waals surface area contributed by atoms with Gasteiger partial charge in [0.25, 0.3) is 0 Å². The smallest absolute Gasteiger partial charge is 0.136 e. The molecule has 0 saturated carbocycles. The summed E-state index contributed by atoms with van der Waals surface area (Å²) in [5.74, 6) is 0. The molecule has 9 aromatic carbocycles. The standard InChI is InChI=1S/C54H37NO/c1-3-11-38(12-4-1)40-21-28-48(29-22-40)55(49-30-23-41(24-31-49)44-16-9-15-43(35-44)39-13-5-2-6-14-39)50-32-25-42(26-33-50)45-17-10-18-46(36-45)47-27-34-52-51-19-7-8-20-53(51)56-54(52)37-47/h1-37H. The molecule has 0 aliphatic carbocycles. The van der Waals surface area contributed by atoms with Crippen LogP contribution in [0.3, 0.4) is 0 Å². The lowest BCUT2D eigenvalue weighted by Crippen LogP contribution is -2.09. The summed E-state index contributed by atoms with van der Waals surface area (Å²) in [5.41, 5.74) is 16.9. The van der Waals surface area contributed by atoms with Gasteiger partial charge in [0.15, 0.2) is 0 Å². The quantitative estimate of drug-likeness (QED) is 0.156. The number of rotatable bonds is 8. The van der Waals surface area contributed by atoms with Crippen LogP contribution in [0.5, 0.6) is 0 Å². The summed E-state index contributed by atoms with van der Waals surface area (Å²) in [6.45, 7) is 0. The number of para-hydroxylation sites is 1. The minimum absolute atomic E-state index is 0.907. The Kier molecular flexibility index (Phi) is 8.55. The van der Waals surface area contributed by atoms with Gasteiger partial charge in [0, 0.05) is 27.8 Å². The third-order valence-corrected chi connectivity index (χ3v) is 10.7. The van der Waals surface area contributed by atoms with Crippen LogP contribution in [0, 0.1) is 0 Å². The predicted octanol–water partition coefficient (Wildman–Crippen LogP) is 15.4. The van der Waals surface area contributed by atoms with Crippen LogP contribution in [0.25, 0.3) is 77.6 Å². The van der Waals surface area contributed by atoms with Gasteiger partial charge in [-0.3, -0.25) is 0 Å². The van der Waals surface area contributed by atoms with Crippen molar-refractivity contribution in [3.8, 4) is 55.6 Å². The maximum absolute atomic E-state index is 6.21. The number of fused-ring (bicyclic) bond motifs is 3. The zero-order chi connectivity index (χ0) is 37.3. The predicted molar refractivity (Wildman–Crippen MR) is 236 cm³/mol. The second kappa shape index (κ2) is 14.4. The largest absolute Gasteiger partial charge is 0.456 e. The van der Waals surface area contributed by atoms with Crippen molar-refractivity contribution in [2.24, 2.45) is 0 Å². The highest BCUT2D eigenvalue weighted by atomic mass is 16.3. The fraction of sp³-hybridized carbons (Fsp3) is 0. The van der Waals surface area contributed by atoms with Crippen molar-refractivity contribution in [3.05, 3.63) is 224 Å². The van der Waals surface area contributed by atoms with Gasteiger partial charge in [0.2, 0.25) is 0 Å². The number of hydrogen-bond donors (Lipinski definition) is 0. The van der Waals surface area contributed by atoms with Gasteiger partial charge in [0.05, 0.1) is 0 Å². The molecule has 264 valence electrons. The van der Waals surface area contributed by atoms with Crippen molar-refractivity contribution >= 4 is 39.0 Å². The van der Waals surface area contributed by atoms with E-state index in [0.29, 0.717) is 0 Å². The molecule has 0 atom stereocenters. The van der Waals surface area contributed by atoms with Crippen LogP contribution in [0.4, 0.5) is 17.1 Å². The molecule has 0 unspecified atom stereocenters. The van der Waals surface area contributed by atoms with Gasteiger partial charge in [-0.15, -0.1) is 0 Å². The fourth-order valence-electron chi connectivity index (χ4n) is 7.78. The molecule has 0 bridgehead atoms. The fourth-order valence-corrected chi connectivity index (χ4v) is 7.78. The molecular formula is C54H37NO. The first kappa shape index (κ1) is 33.2. The Balaban J connectivity index is 0.979. The van der Waals surface area contributed by atoms with Gasteiger partial charge in [0.1, 0.15) is 11.2 Å². The minimum atomic E-state index is 0.907. The summed E-state index contributed by atoms with van der Waals surface area (Å²) in [4.78, 5) is 2.34. The Labute approximate surface area is 327 Å². The van der Waals surface area contributed by atoms with E-state index < -0.39 is 0 Å². The Hall–Kier alpha value is -7.42. The van der Waals surface area contributed by atoms with Crippen LogP contribution < -0.4 is 4.90 Å². The van der Waals surface area contributed by atoms with Gasteiger partial charge in [-0.05, 0) is 122 Å². The van der Waals surface area contributed by atoms with Crippen molar-refractivity contribution in [3.63, 3.8) is 0 Å². The highest BCUT2D eigenvalue weighted by Gasteiger charge is 2.15. The van der Waals surface area contributed by atoms with Crippen molar-refractivity contribution in [1.82, 2.24) is 0 Å². The number of furan rings is 1. The number of anilines is 3. The van der Waals surface area contributed by atoms with Crippen molar-refractivity contribution in [2.75, 3.05) is 4.90 Å². The van der Waals surface area contributed by atoms with Crippen LogP contribution in [0.1, 0.15) is 0 Å². The minimum Gasteiger partial charge on any atom is -0.456 e. The third-order valence-electron chi connectivity index (χ3n) is 10.7. The molecule has 2 heteroatoms. The molecule has 0 aliphatic rings. The van der Waals surface area contributed by atoms with Crippen LogP contribution in [0.15, 0.2) is 229 Å². The van der Waals surface area contributed by atoms with E-state index in [1.807, 2.05) is 12.1 Å². The topological polar surface area (TPSA) is 16.4 Å². The zero-order valence-electron chi connectivity index (χ0n) is 30.7. The summed E-state index contributed by atoms with van der Waals surface area (Å²) < 4.78 is 6.21. The van der Waals surface area contributed by atoms with Gasteiger partial charge < -0.3 is 9.32 Å². The van der Waals surface area contributed by atoms with E-state index in [1.54, 1.807) is 0 Å². The average molecular weight is 716 g/mol. The van der Waals surface area contributed by atoms with Crippen molar-refractivity contribution in [2.45, 2.75) is 0 Å². The first-order valence-electron chi connectivity index (χ1n) is 19.1. The van der Waals surface area contributed by atoms with E-state index >= 15 is 0 Å². The molecular weight excluding hydrogens is 679 g/mol. The molecule has 0 spiro atoms. The molecule has 2 nitrogen and oxygen atoms in total. The highest BCUT2D eigenvalue weighted by Crippen LogP contribution is 2.39. The second-order valence-corrected chi connectivity index (χ2v) is 14.2. The molecule has 0 fully saturated rings. The third kappa shape index (κ3) is 6.44. The molecule has 10 aromatic rings. The van der Waals surface area contributed by atoms with Gasteiger partial charge in [-0.2, -0.15) is 0 Å². The molecule has 0 saturated heterocycles. The lowest BCUT2D eigenvalue weighted by atomic mass is 9.98. The van der Waals surface area contributed by atoms with Gasteiger partial charge in [-0.1, -0.05) is 158 Å². The van der Waals surface area contributed by atoms with Crippen molar-refractivity contribution in [1.29, 1.82) is 0 Å². The lowest BCUT2D eigenvalue weighted by molar-refractivity contribution is 0.669. The SMILES string of the molecule is c1ccc(-c2ccc(N(c3ccc(-c4cccc(-c5ccccc5)c4)cc3)c3ccc(-c4cccc(-c5ccc6c(c5)oc5ccccc56)c4)cc3)cc2)cc1. The van der Waals surface area contributed by atoms with E-state index in [9.17, 15) is 0 Å². The number of benzene rings is 9. The molecule has 0 amide bonds. The van der Waals surface area contributed by atoms with E-state index in [-0.39, 0.29) is 0 Å². The van der Waals surface area contributed by atoms with Gasteiger partial charge >= 0.3 is 0 Å². The second-order valence-electron chi connectivity index (χ2n) is 14.2. The molecule has 0 N–H and O–H groups in total. The maximum Gasteiger partial charge on any atom is 0.136 e. The lowest BCUT2D eigenvalue weighted by Gasteiger charge is -2.26. The molecule has 1 heterocycles. The first-order valence-corrected chi connectivity index (χ1v) is 19.1. The molecule has 0 radical (unpaired) electrons. The summed E-state index contributed by atoms with van der Waals surface area (Å²) >= 11 is 0. The van der Waals surface area contributed by atoms with Gasteiger partial charge in [-0.25, -0.2) is 0 Å². The summed E-state index contributed by atoms with van der Waals surface area (Å²) in [6, 6.07) is 80.1. The van der Waals surface area contributed by atoms with Crippen LogP contribution in [-0.2, 0) is 0 Å². The first-order chi connectivity index (χ1) is 27.7. The van der Waals surface area contributed by atoms with E-state index in [2.05, 4.69) is 217 Å². The van der Waals surface area contributed by atoms with E-state index in [1.165, 1.54) is 38.9 Å². The van der Waals surface area contributed by atoms with Crippen molar-refractivity contribution < 1.29 is 4.42 Å². The monoisotopic (exact) mass is 715 g/mol. The molecule has 0 aliphatic heterocycles. The maximum atomic E-state index is 6.21. The van der Waals surface area contributed by atoms with E-state index in [0.717, 1.165) is 55.7 Å². The molecule has 1 aromatic heterocycles. The van der Waals surface area contributed by atoms with Crippen LogP contribution in [0.2, 0.25) is 0 Å². The zero-order valence-corrected chi connectivity index (χ0v) is 30.7.